The molecule has 3 aromatic carbocycles. The normalized spacial score (nSPS) is 14.8. The smallest absolute Gasteiger partial charge is 0.303 e. The van der Waals surface area contributed by atoms with Gasteiger partial charge in [-0.15, -0.1) is 6.58 Å². The Morgan fingerprint density at radius 3 is 2.50 bits per heavy atom. The van der Waals surface area contributed by atoms with Gasteiger partial charge in [0, 0.05) is 18.1 Å². The van der Waals surface area contributed by atoms with Crippen LogP contribution in [-0.4, -0.2) is 25.3 Å². The monoisotopic (exact) mass is 546 g/mol. The molecule has 1 aliphatic rings. The predicted molar refractivity (Wildman–Crippen MR) is 155 cm³/mol. The third kappa shape index (κ3) is 7.11. The molecular weight excluding hydrogens is 507 g/mol. The molecule has 0 heterocycles. The van der Waals surface area contributed by atoms with E-state index in [1.165, 1.54) is 18.9 Å². The molecule has 0 bridgehead atoms. The number of aliphatic carboxylic acids is 1. The van der Waals surface area contributed by atoms with Crippen LogP contribution in [0.1, 0.15) is 68.2 Å². The number of hydrogen-bond acceptors (Lipinski definition) is 4. The second-order valence-corrected chi connectivity index (χ2v) is 11.2. The molecule has 3 aromatic rings. The fourth-order valence-electron chi connectivity index (χ4n) is 5.27. The molecule has 0 radical (unpaired) electrons. The zero-order valence-corrected chi connectivity index (χ0v) is 23.8. The van der Waals surface area contributed by atoms with Crippen LogP contribution in [0.15, 0.2) is 73.3 Å². The molecule has 1 saturated carbocycles. The Morgan fingerprint density at radius 1 is 1.07 bits per heavy atom. The van der Waals surface area contributed by atoms with E-state index >= 15 is 4.39 Å². The summed E-state index contributed by atoms with van der Waals surface area (Å²) in [6.45, 7) is 8.35. The largest absolute Gasteiger partial charge is 0.497 e. The van der Waals surface area contributed by atoms with Gasteiger partial charge < -0.3 is 19.3 Å². The highest BCUT2D eigenvalue weighted by molar-refractivity contribution is 5.71. The van der Waals surface area contributed by atoms with Crippen LogP contribution in [-0.2, 0) is 16.1 Å². The summed E-state index contributed by atoms with van der Waals surface area (Å²) >= 11 is 0. The summed E-state index contributed by atoms with van der Waals surface area (Å²) in [7, 11) is 3.20. The van der Waals surface area contributed by atoms with Crippen molar-refractivity contribution in [2.75, 3.05) is 14.2 Å². The predicted octanol–water partition coefficient (Wildman–Crippen LogP) is 8.34. The van der Waals surface area contributed by atoms with Crippen LogP contribution in [0.3, 0.4) is 0 Å². The molecular formula is C34H39FO5. The van der Waals surface area contributed by atoms with Gasteiger partial charge in [-0.25, -0.2) is 4.39 Å². The van der Waals surface area contributed by atoms with E-state index < -0.39 is 17.5 Å². The molecule has 40 heavy (non-hydrogen) atoms. The average molecular weight is 547 g/mol. The number of rotatable bonds is 14. The van der Waals surface area contributed by atoms with Crippen LogP contribution in [0.5, 0.6) is 11.5 Å². The minimum absolute atomic E-state index is 0.0270. The van der Waals surface area contributed by atoms with Gasteiger partial charge in [-0.3, -0.25) is 4.79 Å². The van der Waals surface area contributed by atoms with Crippen molar-refractivity contribution in [2.24, 2.45) is 11.3 Å². The number of carboxylic acids is 1. The molecule has 2 atom stereocenters. The quantitative estimate of drug-likeness (QED) is 0.206. The van der Waals surface area contributed by atoms with Crippen molar-refractivity contribution in [1.82, 2.24) is 0 Å². The maximum absolute atomic E-state index is 15.1. The molecule has 1 N–H and O–H groups in total. The van der Waals surface area contributed by atoms with E-state index in [4.69, 9.17) is 14.2 Å². The molecule has 1 unspecified atom stereocenters. The molecule has 212 valence electrons. The summed E-state index contributed by atoms with van der Waals surface area (Å²) in [5, 5.41) is 9.44. The Kier molecular flexibility index (Phi) is 9.31. The first-order valence-electron chi connectivity index (χ1n) is 13.7. The standard InChI is InChI=1S/C34H39FO5/c1-6-34(2,3)33(39-5)30-17-23(12-14-28(30)29-20-26(38-4)13-15-31(29)35)21-40-27-9-7-8-24(18-27)25(19-32(36)37)16-22-10-11-22/h6-9,12-15,17-18,20,22,25,33H,1,10-11,16,19,21H2,2-5H3,(H,36,37)/t25-,33?/m1/s1. The molecule has 0 aliphatic heterocycles. The van der Waals surface area contributed by atoms with Gasteiger partial charge in [-0.05, 0) is 76.9 Å². The van der Waals surface area contributed by atoms with Crippen LogP contribution in [0.4, 0.5) is 4.39 Å². The minimum atomic E-state index is -0.785. The molecule has 0 aromatic heterocycles. The van der Waals surface area contributed by atoms with Gasteiger partial charge in [0.15, 0.2) is 0 Å². The van der Waals surface area contributed by atoms with Crippen molar-refractivity contribution < 1.29 is 28.5 Å². The van der Waals surface area contributed by atoms with Gasteiger partial charge in [0.05, 0.1) is 19.6 Å². The number of hydrogen-bond donors (Lipinski definition) is 1. The summed E-state index contributed by atoms with van der Waals surface area (Å²) in [6, 6.07) is 18.3. The number of carboxylic acid groups (broad SMARTS) is 1. The van der Waals surface area contributed by atoms with Gasteiger partial charge >= 0.3 is 5.97 Å². The summed E-state index contributed by atoms with van der Waals surface area (Å²) < 4.78 is 32.6. The van der Waals surface area contributed by atoms with Crippen LogP contribution in [0.2, 0.25) is 0 Å². The van der Waals surface area contributed by atoms with Gasteiger partial charge in [0.2, 0.25) is 0 Å². The van der Waals surface area contributed by atoms with Gasteiger partial charge in [0.1, 0.15) is 23.9 Å². The van der Waals surface area contributed by atoms with Gasteiger partial charge in [-0.2, -0.15) is 0 Å². The lowest BCUT2D eigenvalue weighted by Gasteiger charge is -2.32. The van der Waals surface area contributed by atoms with Crippen molar-refractivity contribution in [1.29, 1.82) is 0 Å². The van der Waals surface area contributed by atoms with Gasteiger partial charge in [-0.1, -0.05) is 57.0 Å². The first kappa shape index (κ1) is 29.3. The van der Waals surface area contributed by atoms with E-state index in [0.29, 0.717) is 28.5 Å². The van der Waals surface area contributed by atoms with E-state index in [9.17, 15) is 9.90 Å². The summed E-state index contributed by atoms with van der Waals surface area (Å²) in [5.74, 6) is 0.704. The Bertz CT molecular complexity index is 1340. The third-order valence-electron chi connectivity index (χ3n) is 7.77. The second kappa shape index (κ2) is 12.7. The van der Waals surface area contributed by atoms with Crippen molar-refractivity contribution >= 4 is 5.97 Å². The molecule has 1 aliphatic carbocycles. The van der Waals surface area contributed by atoms with E-state index in [1.54, 1.807) is 26.4 Å². The van der Waals surface area contributed by atoms with Crippen LogP contribution >= 0.6 is 0 Å². The first-order chi connectivity index (χ1) is 19.1. The lowest BCUT2D eigenvalue weighted by Crippen LogP contribution is -2.22. The first-order valence-corrected chi connectivity index (χ1v) is 13.7. The fraction of sp³-hybridized carbons (Fsp3) is 0.382. The topological polar surface area (TPSA) is 65.0 Å². The summed E-state index contributed by atoms with van der Waals surface area (Å²) in [6.07, 6.45) is 4.80. The summed E-state index contributed by atoms with van der Waals surface area (Å²) in [5.41, 5.74) is 3.41. The molecule has 5 nitrogen and oxygen atoms in total. The van der Waals surface area contributed by atoms with Crippen LogP contribution < -0.4 is 9.47 Å². The van der Waals surface area contributed by atoms with Crippen molar-refractivity contribution in [3.63, 3.8) is 0 Å². The average Bonchev–Trinajstić information content (AvgIpc) is 3.76. The Hall–Kier alpha value is -3.64. The number of carbonyl (C=O) groups is 1. The Labute approximate surface area is 236 Å². The minimum Gasteiger partial charge on any atom is -0.497 e. The highest BCUT2D eigenvalue weighted by Gasteiger charge is 2.31. The molecule has 0 amide bonds. The SMILES string of the molecule is C=CC(C)(C)C(OC)c1cc(COc2cccc([C@@H](CC(=O)O)CC3CC3)c2)ccc1-c1cc(OC)ccc1F. The van der Waals surface area contributed by atoms with E-state index in [2.05, 4.69) is 6.58 Å². The van der Waals surface area contributed by atoms with Crippen LogP contribution in [0.25, 0.3) is 11.1 Å². The fourth-order valence-corrected chi connectivity index (χ4v) is 5.27. The number of ether oxygens (including phenoxy) is 3. The van der Waals surface area contributed by atoms with Gasteiger partial charge in [0.25, 0.3) is 0 Å². The lowest BCUT2D eigenvalue weighted by molar-refractivity contribution is -0.137. The second-order valence-electron chi connectivity index (χ2n) is 11.2. The van der Waals surface area contributed by atoms with Crippen molar-refractivity contribution in [3.05, 3.63) is 95.8 Å². The molecule has 0 saturated heterocycles. The summed E-state index contributed by atoms with van der Waals surface area (Å²) in [4.78, 5) is 11.5. The zero-order valence-electron chi connectivity index (χ0n) is 23.8. The van der Waals surface area contributed by atoms with Crippen LogP contribution in [0, 0.1) is 17.2 Å². The lowest BCUT2D eigenvalue weighted by atomic mass is 9.79. The Morgan fingerprint density at radius 2 is 1.85 bits per heavy atom. The number of halogens is 1. The maximum Gasteiger partial charge on any atom is 0.303 e. The number of methoxy groups -OCH3 is 2. The van der Waals surface area contributed by atoms with Crippen molar-refractivity contribution in [2.45, 2.75) is 58.2 Å². The molecule has 4 rings (SSSR count). The molecule has 6 heteroatoms. The van der Waals surface area contributed by atoms with Crippen molar-refractivity contribution in [3.8, 4) is 22.6 Å². The van der Waals surface area contributed by atoms with E-state index in [-0.39, 0.29) is 24.8 Å². The highest BCUT2D eigenvalue weighted by atomic mass is 19.1. The zero-order chi connectivity index (χ0) is 28.9. The molecule has 0 spiro atoms. The van der Waals surface area contributed by atoms with E-state index in [1.807, 2.05) is 62.4 Å². The third-order valence-corrected chi connectivity index (χ3v) is 7.77. The maximum atomic E-state index is 15.1. The number of benzene rings is 3. The van der Waals surface area contributed by atoms with E-state index in [0.717, 1.165) is 23.1 Å². The Balaban J connectivity index is 1.64. The highest BCUT2D eigenvalue weighted by Crippen LogP contribution is 2.43. The molecule has 1 fully saturated rings.